The highest BCUT2D eigenvalue weighted by atomic mass is 32.1. The number of hydrogen-bond acceptors (Lipinski definition) is 10. The first-order chi connectivity index (χ1) is 19.6. The molecule has 1 fully saturated rings. The SMILES string of the molecule is N#Cc1c(N)cc(C(=O)NCC2CCN(Cc3cnc(-c4ccccn4)s3)CC2)nc1NCCCn1ccnc1. The lowest BCUT2D eigenvalue weighted by Crippen LogP contribution is -2.38. The number of nitrogens with one attached hydrogen (secondary N) is 2. The van der Waals surface area contributed by atoms with E-state index in [1.807, 2.05) is 35.2 Å². The number of pyridine rings is 2. The molecule has 1 amide bonds. The third kappa shape index (κ3) is 6.99. The zero-order valence-corrected chi connectivity index (χ0v) is 23.0. The van der Waals surface area contributed by atoms with Crippen LogP contribution in [0.5, 0.6) is 0 Å². The van der Waals surface area contributed by atoms with Crippen molar-refractivity contribution in [3.63, 3.8) is 0 Å². The van der Waals surface area contributed by atoms with E-state index in [2.05, 4.69) is 41.5 Å². The second-order valence-electron chi connectivity index (χ2n) is 9.79. The largest absolute Gasteiger partial charge is 0.397 e. The average Bonchev–Trinajstić information content (AvgIpc) is 3.68. The van der Waals surface area contributed by atoms with E-state index in [9.17, 15) is 10.1 Å². The molecule has 1 aliphatic rings. The molecule has 5 rings (SSSR count). The van der Waals surface area contributed by atoms with Crippen LogP contribution in [-0.4, -0.2) is 61.5 Å². The highest BCUT2D eigenvalue weighted by molar-refractivity contribution is 7.14. The number of aryl methyl sites for hydroxylation is 1. The molecule has 1 saturated heterocycles. The first kappa shape index (κ1) is 27.2. The van der Waals surface area contributed by atoms with Gasteiger partial charge in [-0.2, -0.15) is 5.26 Å². The lowest BCUT2D eigenvalue weighted by atomic mass is 9.96. The first-order valence-electron chi connectivity index (χ1n) is 13.4. The molecule has 1 aliphatic heterocycles. The summed E-state index contributed by atoms with van der Waals surface area (Å²) in [4.78, 5) is 34.0. The van der Waals surface area contributed by atoms with Crippen LogP contribution >= 0.6 is 11.3 Å². The Hall–Kier alpha value is -4.34. The number of nitrogen functional groups attached to an aromatic ring is 1. The van der Waals surface area contributed by atoms with Crippen LogP contribution in [0, 0.1) is 17.2 Å². The zero-order valence-electron chi connectivity index (χ0n) is 22.2. The fourth-order valence-corrected chi connectivity index (χ4v) is 5.63. The Bertz CT molecular complexity index is 1440. The van der Waals surface area contributed by atoms with Crippen molar-refractivity contribution in [3.05, 3.63) is 71.5 Å². The fraction of sp³-hybridized carbons (Fsp3) is 0.357. The number of carbonyl (C=O) groups is 1. The summed E-state index contributed by atoms with van der Waals surface area (Å²) in [6, 6.07) is 9.42. The Morgan fingerprint density at radius 3 is 2.85 bits per heavy atom. The molecule has 0 spiro atoms. The summed E-state index contributed by atoms with van der Waals surface area (Å²) < 4.78 is 1.97. The highest BCUT2D eigenvalue weighted by Crippen LogP contribution is 2.26. The number of rotatable bonds is 11. The van der Waals surface area contributed by atoms with E-state index in [-0.39, 0.29) is 22.9 Å². The quantitative estimate of drug-likeness (QED) is 0.236. The predicted molar refractivity (Wildman–Crippen MR) is 154 cm³/mol. The lowest BCUT2D eigenvalue weighted by Gasteiger charge is -2.31. The summed E-state index contributed by atoms with van der Waals surface area (Å²) in [5, 5.41) is 16.7. The van der Waals surface area contributed by atoms with Gasteiger partial charge in [0.25, 0.3) is 5.91 Å². The van der Waals surface area contributed by atoms with Gasteiger partial charge in [-0.3, -0.25) is 14.7 Å². The smallest absolute Gasteiger partial charge is 0.270 e. The summed E-state index contributed by atoms with van der Waals surface area (Å²) in [7, 11) is 0. The summed E-state index contributed by atoms with van der Waals surface area (Å²) in [5.74, 6) is 0.440. The number of aromatic nitrogens is 5. The Balaban J connectivity index is 1.08. The molecule has 0 atom stereocenters. The number of nitrogens with two attached hydrogens (primary N) is 1. The van der Waals surface area contributed by atoms with E-state index in [0.29, 0.717) is 24.8 Å². The van der Waals surface area contributed by atoms with Gasteiger partial charge in [-0.25, -0.2) is 15.0 Å². The molecule has 5 heterocycles. The molecular weight excluding hydrogens is 524 g/mol. The van der Waals surface area contributed by atoms with Crippen LogP contribution in [0.25, 0.3) is 10.7 Å². The van der Waals surface area contributed by atoms with E-state index in [0.717, 1.165) is 56.1 Å². The predicted octanol–water partition coefficient (Wildman–Crippen LogP) is 3.39. The number of anilines is 2. The summed E-state index contributed by atoms with van der Waals surface area (Å²) in [5.41, 5.74) is 7.70. The third-order valence-electron chi connectivity index (χ3n) is 6.91. The minimum atomic E-state index is -0.285. The molecule has 0 saturated carbocycles. The lowest BCUT2D eigenvalue weighted by molar-refractivity contribution is 0.0930. The maximum absolute atomic E-state index is 12.9. The number of nitrogens with zero attached hydrogens (tertiary/aromatic N) is 7. The number of amides is 1. The Morgan fingerprint density at radius 1 is 1.23 bits per heavy atom. The van der Waals surface area contributed by atoms with Crippen LogP contribution in [0.15, 0.2) is 55.4 Å². The molecule has 0 aliphatic carbocycles. The first-order valence-corrected chi connectivity index (χ1v) is 14.2. The van der Waals surface area contributed by atoms with Crippen LogP contribution in [-0.2, 0) is 13.1 Å². The number of thiazole rings is 1. The second-order valence-corrected chi connectivity index (χ2v) is 10.9. The maximum Gasteiger partial charge on any atom is 0.270 e. The van der Waals surface area contributed by atoms with Gasteiger partial charge >= 0.3 is 0 Å². The van der Waals surface area contributed by atoms with E-state index < -0.39 is 0 Å². The molecule has 0 bridgehead atoms. The minimum absolute atomic E-state index is 0.208. The topological polar surface area (TPSA) is 151 Å². The maximum atomic E-state index is 12.9. The molecule has 206 valence electrons. The summed E-state index contributed by atoms with van der Waals surface area (Å²) in [6.07, 6.45) is 11.9. The summed E-state index contributed by atoms with van der Waals surface area (Å²) in [6.45, 7) is 4.73. The molecule has 4 aromatic rings. The molecule has 0 aromatic carbocycles. The van der Waals surface area contributed by atoms with Gasteiger partial charge in [-0.15, -0.1) is 11.3 Å². The highest BCUT2D eigenvalue weighted by Gasteiger charge is 2.22. The molecule has 12 heteroatoms. The molecule has 4 aromatic heterocycles. The zero-order chi connectivity index (χ0) is 27.7. The van der Waals surface area contributed by atoms with Crippen molar-refractivity contribution in [1.82, 2.24) is 34.7 Å². The molecular formula is C28H32N10OS. The monoisotopic (exact) mass is 556 g/mol. The molecule has 0 unspecified atom stereocenters. The standard InChI is InChI=1S/C28H32N10OS/c29-15-22-23(30)14-25(36-26(22)33-8-3-10-38-13-9-31-19-38)27(39)34-16-20-5-11-37(12-6-20)18-21-17-35-28(40-21)24-4-1-2-7-32-24/h1-2,4,7,9,13-14,17,19-20H,3,5-6,8,10-12,16,18H2,(H,34,39)(H3,30,33,36). The van der Waals surface area contributed by atoms with Gasteiger partial charge in [0, 0.05) is 55.8 Å². The molecule has 0 radical (unpaired) electrons. The Morgan fingerprint density at radius 2 is 2.10 bits per heavy atom. The van der Waals surface area contributed by atoms with E-state index in [1.54, 1.807) is 30.1 Å². The van der Waals surface area contributed by atoms with Crippen molar-refractivity contribution >= 4 is 28.7 Å². The second kappa shape index (κ2) is 13.1. The van der Waals surface area contributed by atoms with Crippen LogP contribution < -0.4 is 16.4 Å². The van der Waals surface area contributed by atoms with Crippen molar-refractivity contribution in [2.45, 2.75) is 32.4 Å². The summed E-state index contributed by atoms with van der Waals surface area (Å²) >= 11 is 1.68. The minimum Gasteiger partial charge on any atom is -0.397 e. The molecule has 4 N–H and O–H groups in total. The van der Waals surface area contributed by atoms with Crippen molar-refractivity contribution in [3.8, 4) is 16.8 Å². The van der Waals surface area contributed by atoms with Crippen LogP contribution in [0.3, 0.4) is 0 Å². The van der Waals surface area contributed by atoms with Crippen LogP contribution in [0.2, 0.25) is 0 Å². The van der Waals surface area contributed by atoms with Gasteiger partial charge in [-0.1, -0.05) is 6.07 Å². The number of carbonyl (C=O) groups excluding carboxylic acids is 1. The fourth-order valence-electron chi connectivity index (χ4n) is 4.70. The molecule has 40 heavy (non-hydrogen) atoms. The Labute approximate surface area is 237 Å². The van der Waals surface area contributed by atoms with Crippen molar-refractivity contribution < 1.29 is 4.79 Å². The van der Waals surface area contributed by atoms with E-state index in [4.69, 9.17) is 5.73 Å². The molecule has 11 nitrogen and oxygen atoms in total. The normalized spacial score (nSPS) is 14.1. The number of piperidine rings is 1. The van der Waals surface area contributed by atoms with Gasteiger partial charge in [0.15, 0.2) is 0 Å². The van der Waals surface area contributed by atoms with E-state index in [1.165, 1.54) is 10.9 Å². The Kier molecular flexibility index (Phi) is 8.95. The number of hydrogen-bond donors (Lipinski definition) is 3. The van der Waals surface area contributed by atoms with Crippen molar-refractivity contribution in [1.29, 1.82) is 5.26 Å². The van der Waals surface area contributed by atoms with Crippen molar-refractivity contribution in [2.75, 3.05) is 37.2 Å². The van der Waals surface area contributed by atoms with Crippen LogP contribution in [0.4, 0.5) is 11.5 Å². The van der Waals surface area contributed by atoms with Gasteiger partial charge in [0.2, 0.25) is 0 Å². The number of imidazole rings is 1. The van der Waals surface area contributed by atoms with Gasteiger partial charge in [0.1, 0.15) is 28.2 Å². The van der Waals surface area contributed by atoms with Gasteiger partial charge in [0.05, 0.1) is 17.7 Å². The average molecular weight is 557 g/mol. The van der Waals surface area contributed by atoms with Crippen LogP contribution in [0.1, 0.15) is 40.2 Å². The van der Waals surface area contributed by atoms with E-state index >= 15 is 0 Å². The van der Waals surface area contributed by atoms with Gasteiger partial charge < -0.3 is 20.9 Å². The van der Waals surface area contributed by atoms with Gasteiger partial charge in [-0.05, 0) is 56.5 Å². The number of nitriles is 1. The third-order valence-corrected chi connectivity index (χ3v) is 7.92. The van der Waals surface area contributed by atoms with Crippen molar-refractivity contribution in [2.24, 2.45) is 5.92 Å². The number of likely N-dealkylation sites (tertiary alicyclic amines) is 1.